The van der Waals surface area contributed by atoms with Gasteiger partial charge in [0.25, 0.3) is 0 Å². The molecule has 422 valence electrons. The summed E-state index contributed by atoms with van der Waals surface area (Å²) >= 11 is 8.08. The van der Waals surface area contributed by atoms with Crippen LogP contribution in [0.4, 0.5) is 0 Å². The van der Waals surface area contributed by atoms with Crippen LogP contribution in [-0.2, 0) is 10.8 Å². The molecule has 0 bridgehead atoms. The van der Waals surface area contributed by atoms with E-state index in [9.17, 15) is 0 Å². The topological polar surface area (TPSA) is 51.6 Å². The summed E-state index contributed by atoms with van der Waals surface area (Å²) in [5, 5.41) is 0. The van der Waals surface area contributed by atoms with E-state index in [1.165, 1.54) is 335 Å². The molecule has 2 aliphatic rings. The van der Waals surface area contributed by atoms with E-state index in [1.807, 2.05) is 0 Å². The molecule has 0 amide bonds. The Morgan fingerprint density at radius 1 is 0.289 bits per heavy atom. The first kappa shape index (κ1) is 62.4. The van der Waals surface area contributed by atoms with Crippen molar-refractivity contribution in [1.82, 2.24) is 17.5 Å². The second-order valence-corrected chi connectivity index (χ2v) is 27.7. The number of hydrogen-bond acceptors (Lipinski definition) is 6. The predicted octanol–water partition coefficient (Wildman–Crippen LogP) is 24.7. The zero-order valence-corrected chi connectivity index (χ0v) is 54.7. The highest BCUT2D eigenvalue weighted by molar-refractivity contribution is 14.1. The summed E-state index contributed by atoms with van der Waals surface area (Å²) in [6.45, 7) is 9.33. The molecular weight excluding hydrogens is 1190 g/mol. The lowest BCUT2D eigenvalue weighted by Crippen LogP contribution is -2.27. The van der Waals surface area contributed by atoms with Crippen molar-refractivity contribution in [1.29, 1.82) is 0 Å². The Hall–Kier alpha value is -1.24. The van der Waals surface area contributed by atoms with E-state index < -0.39 is 0 Å². The van der Waals surface area contributed by atoms with Crippen LogP contribution in [0, 0.1) is 7.14 Å². The molecule has 0 spiro atoms. The van der Waals surface area contributed by atoms with E-state index in [2.05, 4.69) is 97.1 Å². The molecule has 5 aromatic rings. The second kappa shape index (κ2) is 34.3. The minimum Gasteiger partial charge on any atom is -0.172 e. The van der Waals surface area contributed by atoms with E-state index >= 15 is 0 Å². The van der Waals surface area contributed by atoms with Crippen molar-refractivity contribution in [2.75, 3.05) is 0 Å². The maximum atomic E-state index is 5.26. The first-order valence-corrected chi connectivity index (χ1v) is 36.2. The standard InChI is InChI=1S/C68H104I2N4S2/c1-5-9-13-17-21-25-29-33-37-41-45-67(46-42-38-34-30-26-22-18-14-10-6-2)55-49-54-56(50-53(55)61-57(67)51-59(69)63-65(61)73-75-71-63)68(47-43-39-35-31-27-23-19-15-11-7-3,48-44-40-36-32-28-24-20-16-12-8-4)58-52-60(70)64-66(62(54)58)74-76-72-64/h49-52H,5-48H2,1-4H3. The quantitative estimate of drug-likeness (QED) is 0.0288. The highest BCUT2D eigenvalue weighted by Gasteiger charge is 2.49. The van der Waals surface area contributed by atoms with Crippen LogP contribution < -0.4 is 0 Å². The van der Waals surface area contributed by atoms with Gasteiger partial charge in [-0.25, -0.2) is 0 Å². The van der Waals surface area contributed by atoms with Gasteiger partial charge in [0.1, 0.15) is 22.1 Å². The Morgan fingerprint density at radius 2 is 0.513 bits per heavy atom. The number of benzene rings is 3. The van der Waals surface area contributed by atoms with Crippen molar-refractivity contribution in [2.45, 2.75) is 321 Å². The zero-order valence-electron chi connectivity index (χ0n) is 48.8. The molecule has 4 nitrogen and oxygen atoms in total. The van der Waals surface area contributed by atoms with Crippen LogP contribution in [0.25, 0.3) is 44.3 Å². The van der Waals surface area contributed by atoms with Crippen molar-refractivity contribution in [3.05, 3.63) is 53.7 Å². The molecule has 0 aliphatic heterocycles. The number of nitrogens with zero attached hydrogens (tertiary/aromatic N) is 4. The van der Waals surface area contributed by atoms with Crippen molar-refractivity contribution in [3.8, 4) is 22.3 Å². The van der Waals surface area contributed by atoms with Crippen molar-refractivity contribution < 1.29 is 0 Å². The van der Waals surface area contributed by atoms with Crippen molar-refractivity contribution in [2.24, 2.45) is 0 Å². The Kier molecular flexibility index (Phi) is 28.1. The van der Waals surface area contributed by atoms with Gasteiger partial charge in [-0.2, -0.15) is 17.5 Å². The summed E-state index contributed by atoms with van der Waals surface area (Å²) < 4.78 is 23.1. The van der Waals surface area contributed by atoms with Crippen LogP contribution in [0.1, 0.15) is 332 Å². The number of rotatable bonds is 44. The number of hydrogen-bond donors (Lipinski definition) is 0. The van der Waals surface area contributed by atoms with Crippen LogP contribution in [-0.4, -0.2) is 17.5 Å². The first-order chi connectivity index (χ1) is 37.5. The molecule has 0 saturated carbocycles. The van der Waals surface area contributed by atoms with Gasteiger partial charge >= 0.3 is 0 Å². The van der Waals surface area contributed by atoms with Gasteiger partial charge in [-0.3, -0.25) is 0 Å². The SMILES string of the molecule is CCCCCCCCCCCCC1(CCCCCCCCCCCC)c2cc3c(cc2-c2c1cc(I)c1nsnc21)C(CCCCCCCCCCCC)(CCCCCCCCCCCC)c1cc(I)c2nsnc2c1-3. The lowest BCUT2D eigenvalue weighted by Gasteiger charge is -2.35. The van der Waals surface area contributed by atoms with Crippen LogP contribution in [0.15, 0.2) is 24.3 Å². The molecule has 0 N–H and O–H groups in total. The average molecular weight is 1300 g/mol. The molecule has 2 aliphatic carbocycles. The molecule has 0 saturated heterocycles. The van der Waals surface area contributed by atoms with Gasteiger partial charge in [0.2, 0.25) is 0 Å². The van der Waals surface area contributed by atoms with Crippen LogP contribution in [0.5, 0.6) is 0 Å². The van der Waals surface area contributed by atoms with E-state index in [0.29, 0.717) is 0 Å². The molecule has 0 fully saturated rings. The second-order valence-electron chi connectivity index (χ2n) is 24.3. The number of halogens is 2. The van der Waals surface area contributed by atoms with E-state index in [4.69, 9.17) is 17.5 Å². The maximum absolute atomic E-state index is 5.26. The molecule has 0 unspecified atom stereocenters. The number of fused-ring (bicyclic) bond motifs is 10. The molecule has 76 heavy (non-hydrogen) atoms. The van der Waals surface area contributed by atoms with E-state index in [1.54, 1.807) is 22.3 Å². The van der Waals surface area contributed by atoms with Gasteiger partial charge in [-0.05, 0) is 129 Å². The number of unbranched alkanes of at least 4 members (excludes halogenated alkanes) is 36. The van der Waals surface area contributed by atoms with Crippen LogP contribution in [0.2, 0.25) is 0 Å². The third-order valence-corrected chi connectivity index (χ3v) is 21.3. The Labute approximate surface area is 500 Å². The Balaban J connectivity index is 1.25. The summed E-state index contributed by atoms with van der Waals surface area (Å²) in [7, 11) is 0. The minimum absolute atomic E-state index is 0.0428. The molecule has 0 atom stereocenters. The maximum Gasteiger partial charge on any atom is 0.118 e. The third kappa shape index (κ3) is 16.5. The van der Waals surface area contributed by atoms with Gasteiger partial charge in [-0.15, -0.1) is 0 Å². The fourth-order valence-electron chi connectivity index (χ4n) is 14.2. The highest BCUT2D eigenvalue weighted by atomic mass is 127. The third-order valence-electron chi connectivity index (χ3n) is 18.6. The van der Waals surface area contributed by atoms with Crippen molar-refractivity contribution >= 4 is 90.7 Å². The summed E-state index contributed by atoms with van der Waals surface area (Å²) in [4.78, 5) is 0. The molecule has 2 aromatic heterocycles. The Bertz CT molecular complexity index is 2220. The fourth-order valence-corrected chi connectivity index (χ4v) is 17.0. The fraction of sp³-hybridized carbons (Fsp3) is 0.735. The van der Waals surface area contributed by atoms with Gasteiger partial charge in [0, 0.05) is 29.1 Å². The minimum atomic E-state index is -0.0428. The molecule has 0 radical (unpaired) electrons. The molecule has 7 rings (SSSR count). The van der Waals surface area contributed by atoms with Crippen LogP contribution >= 0.6 is 68.6 Å². The zero-order chi connectivity index (χ0) is 53.3. The van der Waals surface area contributed by atoms with Gasteiger partial charge in [-0.1, -0.05) is 285 Å². The Morgan fingerprint density at radius 3 is 0.763 bits per heavy atom. The smallest absolute Gasteiger partial charge is 0.118 e. The lowest BCUT2D eigenvalue weighted by atomic mass is 9.68. The molecule has 3 aromatic carbocycles. The predicted molar refractivity (Wildman–Crippen MR) is 352 cm³/mol. The largest absolute Gasteiger partial charge is 0.172 e. The monoisotopic (exact) mass is 1290 g/mol. The van der Waals surface area contributed by atoms with Gasteiger partial charge in [0.15, 0.2) is 0 Å². The molecule has 2 heterocycles. The first-order valence-electron chi connectivity index (χ1n) is 32.6. The number of aromatic nitrogens is 4. The lowest BCUT2D eigenvalue weighted by molar-refractivity contribution is 0.393. The van der Waals surface area contributed by atoms with E-state index in [0.717, 1.165) is 22.1 Å². The summed E-state index contributed by atoms with van der Waals surface area (Å²) in [5.74, 6) is 0. The van der Waals surface area contributed by atoms with Crippen LogP contribution in [0.3, 0.4) is 0 Å². The van der Waals surface area contributed by atoms with Gasteiger partial charge in [0.05, 0.1) is 23.5 Å². The normalized spacial score (nSPS) is 14.1. The summed E-state index contributed by atoms with van der Waals surface area (Å²) in [6, 6.07) is 10.8. The van der Waals surface area contributed by atoms with Crippen molar-refractivity contribution in [3.63, 3.8) is 0 Å². The molecular formula is C68H104I2N4S2. The summed E-state index contributed by atoms with van der Waals surface area (Å²) in [5.41, 5.74) is 16.6. The average Bonchev–Trinajstić information content (AvgIpc) is 4.38. The van der Waals surface area contributed by atoms with Gasteiger partial charge < -0.3 is 0 Å². The highest BCUT2D eigenvalue weighted by Crippen LogP contribution is 2.63. The summed E-state index contributed by atoms with van der Waals surface area (Å²) in [6.07, 6.45) is 59.7. The molecule has 8 heteroatoms. The van der Waals surface area contributed by atoms with E-state index in [-0.39, 0.29) is 10.8 Å².